The molecule has 0 spiro atoms. The van der Waals surface area contributed by atoms with Crippen LogP contribution in [0.3, 0.4) is 0 Å². The molecule has 0 heterocycles. The number of rotatable bonds is 16. The molecule has 0 aliphatic carbocycles. The number of nitrogens with zero attached hydrogens (tertiary/aromatic N) is 1. The molecule has 0 radical (unpaired) electrons. The van der Waals surface area contributed by atoms with Gasteiger partial charge in [0, 0.05) is 6.08 Å². The summed E-state index contributed by atoms with van der Waals surface area (Å²) in [5, 5.41) is 18.5. The summed E-state index contributed by atoms with van der Waals surface area (Å²) in [6, 6.07) is 7.51. The van der Waals surface area contributed by atoms with Gasteiger partial charge >= 0.3 is 5.97 Å². The fourth-order valence-corrected chi connectivity index (χ4v) is 3.70. The predicted octanol–water partition coefficient (Wildman–Crippen LogP) is 4.76. The van der Waals surface area contributed by atoms with Crippen molar-refractivity contribution in [2.45, 2.75) is 77.6 Å². The first-order valence-electron chi connectivity index (χ1n) is 11.2. The molecule has 30 heavy (non-hydrogen) atoms. The minimum atomic E-state index is -0.965. The van der Waals surface area contributed by atoms with Crippen LogP contribution in [0.1, 0.15) is 76.7 Å². The number of unbranched alkanes of at least 4 members (excludes halogenated alkanes) is 5. The highest BCUT2D eigenvalue weighted by atomic mass is 16.4. The number of aliphatic carboxylic acids is 1. The van der Waals surface area contributed by atoms with Crippen LogP contribution in [0.25, 0.3) is 0 Å². The average Bonchev–Trinajstić information content (AvgIpc) is 2.69. The highest BCUT2D eigenvalue weighted by Gasteiger charge is 2.11. The van der Waals surface area contributed by atoms with Crippen LogP contribution < -0.4 is 11.5 Å². The molecule has 0 aromatic heterocycles. The van der Waals surface area contributed by atoms with E-state index >= 15 is 0 Å². The molecule has 1 atom stereocenters. The zero-order chi connectivity index (χ0) is 22.2. The van der Waals surface area contributed by atoms with Crippen molar-refractivity contribution in [3.05, 3.63) is 41.5 Å². The van der Waals surface area contributed by atoms with Gasteiger partial charge in [-0.15, -0.1) is 0 Å². The molecule has 6 N–H and O–H groups in total. The van der Waals surface area contributed by atoms with Crippen molar-refractivity contribution in [1.82, 2.24) is 0 Å². The Hall–Kier alpha value is -2.50. The highest BCUT2D eigenvalue weighted by Crippen LogP contribution is 2.24. The monoisotopic (exact) mass is 417 g/mol. The second-order valence-electron chi connectivity index (χ2n) is 8.07. The van der Waals surface area contributed by atoms with Gasteiger partial charge in [0.05, 0.1) is 6.54 Å². The molecule has 1 unspecified atom stereocenters. The van der Waals surface area contributed by atoms with Gasteiger partial charge in [0.15, 0.2) is 5.96 Å². The van der Waals surface area contributed by atoms with Crippen LogP contribution >= 0.6 is 0 Å². The molecule has 1 aromatic carbocycles. The molecular weight excluding hydrogens is 378 g/mol. The van der Waals surface area contributed by atoms with Crippen LogP contribution in [0.4, 0.5) is 0 Å². The third-order valence-electron chi connectivity index (χ3n) is 5.33. The first kappa shape index (κ1) is 25.5. The fourth-order valence-electron chi connectivity index (χ4n) is 3.70. The number of phenolic OH excluding ortho intramolecular Hbond substituents is 1. The van der Waals surface area contributed by atoms with Crippen LogP contribution in [-0.4, -0.2) is 28.7 Å². The Morgan fingerprint density at radius 3 is 2.27 bits per heavy atom. The van der Waals surface area contributed by atoms with E-state index in [2.05, 4.69) is 11.9 Å². The standard InChI is InChI=1S/C24H39N3O3/c1-2-3-4-5-6-9-19(16-20-12-14-22(28)15-13-20)10-7-8-11-21(17-23(29)30)18-27-24(25)26/h12-15,17,19,28H,2-11,16,18H2,1H3,(H,29,30)(H4,25,26,27). The number of hydrogen-bond donors (Lipinski definition) is 4. The number of hydrogen-bond acceptors (Lipinski definition) is 3. The maximum Gasteiger partial charge on any atom is 0.328 e. The van der Waals surface area contributed by atoms with Gasteiger partial charge in [0.2, 0.25) is 0 Å². The lowest BCUT2D eigenvalue weighted by Crippen LogP contribution is -2.23. The Balaban J connectivity index is 2.54. The van der Waals surface area contributed by atoms with Crippen LogP contribution in [0.2, 0.25) is 0 Å². The molecule has 6 nitrogen and oxygen atoms in total. The number of benzene rings is 1. The normalized spacial score (nSPS) is 12.5. The predicted molar refractivity (Wildman–Crippen MR) is 124 cm³/mol. The number of carboxylic acids is 1. The number of guanidine groups is 1. The van der Waals surface area contributed by atoms with Gasteiger partial charge in [0.25, 0.3) is 0 Å². The summed E-state index contributed by atoms with van der Waals surface area (Å²) < 4.78 is 0. The maximum atomic E-state index is 11.0. The zero-order valence-corrected chi connectivity index (χ0v) is 18.4. The number of carboxylic acid groups (broad SMARTS) is 1. The Morgan fingerprint density at radius 2 is 1.67 bits per heavy atom. The van der Waals surface area contributed by atoms with Gasteiger partial charge in [-0.25, -0.2) is 9.79 Å². The molecule has 0 fully saturated rings. The van der Waals surface area contributed by atoms with E-state index < -0.39 is 5.97 Å². The van der Waals surface area contributed by atoms with Crippen LogP contribution in [-0.2, 0) is 11.2 Å². The van der Waals surface area contributed by atoms with E-state index in [1.807, 2.05) is 12.1 Å². The summed E-state index contributed by atoms with van der Waals surface area (Å²) in [7, 11) is 0. The number of aromatic hydroxyl groups is 1. The summed E-state index contributed by atoms with van der Waals surface area (Å²) in [6.45, 7) is 2.47. The highest BCUT2D eigenvalue weighted by molar-refractivity contribution is 5.81. The zero-order valence-electron chi connectivity index (χ0n) is 18.4. The molecular formula is C24H39N3O3. The van der Waals surface area contributed by atoms with Crippen molar-refractivity contribution in [3.8, 4) is 5.75 Å². The Bertz CT molecular complexity index is 665. The smallest absolute Gasteiger partial charge is 0.328 e. The third kappa shape index (κ3) is 12.9. The van der Waals surface area contributed by atoms with E-state index in [0.29, 0.717) is 18.1 Å². The van der Waals surface area contributed by atoms with Crippen molar-refractivity contribution < 1.29 is 15.0 Å². The van der Waals surface area contributed by atoms with Crippen molar-refractivity contribution >= 4 is 11.9 Å². The minimum absolute atomic E-state index is 0.0247. The van der Waals surface area contributed by atoms with Gasteiger partial charge in [-0.2, -0.15) is 0 Å². The topological polar surface area (TPSA) is 122 Å². The van der Waals surface area contributed by atoms with Gasteiger partial charge in [-0.1, -0.05) is 70.4 Å². The molecule has 1 rings (SSSR count). The second kappa shape index (κ2) is 15.4. The molecule has 0 bridgehead atoms. The SMILES string of the molecule is CCCCCCCC(CCCCC(=CC(=O)O)CN=C(N)N)Cc1ccc(O)cc1. The first-order chi connectivity index (χ1) is 14.4. The number of phenols is 1. The Labute approximate surface area is 181 Å². The molecule has 0 aliphatic heterocycles. The van der Waals surface area contributed by atoms with Crippen LogP contribution in [0.5, 0.6) is 5.75 Å². The van der Waals surface area contributed by atoms with E-state index in [-0.39, 0.29) is 12.5 Å². The summed E-state index contributed by atoms with van der Waals surface area (Å²) in [5.74, 6) is -0.0921. The van der Waals surface area contributed by atoms with Gasteiger partial charge in [-0.05, 0) is 48.4 Å². The summed E-state index contributed by atoms with van der Waals surface area (Å²) >= 11 is 0. The molecule has 0 amide bonds. The van der Waals surface area contributed by atoms with Crippen molar-refractivity contribution in [2.75, 3.05) is 6.54 Å². The van der Waals surface area contributed by atoms with E-state index in [1.165, 1.54) is 50.2 Å². The largest absolute Gasteiger partial charge is 0.508 e. The fraction of sp³-hybridized carbons (Fsp3) is 0.583. The lowest BCUT2D eigenvalue weighted by atomic mass is 9.88. The number of carbonyl (C=O) groups is 1. The maximum absolute atomic E-state index is 11.0. The minimum Gasteiger partial charge on any atom is -0.508 e. The number of aliphatic imine (C=N–C) groups is 1. The first-order valence-corrected chi connectivity index (χ1v) is 11.2. The van der Waals surface area contributed by atoms with E-state index in [1.54, 1.807) is 12.1 Å². The van der Waals surface area contributed by atoms with Gasteiger partial charge in [0.1, 0.15) is 5.75 Å². The van der Waals surface area contributed by atoms with Crippen molar-refractivity contribution in [2.24, 2.45) is 22.4 Å². The number of nitrogens with two attached hydrogens (primary N) is 2. The van der Waals surface area contributed by atoms with Crippen LogP contribution in [0, 0.1) is 5.92 Å². The quantitative estimate of drug-likeness (QED) is 0.134. The lowest BCUT2D eigenvalue weighted by molar-refractivity contribution is -0.131. The average molecular weight is 418 g/mol. The van der Waals surface area contributed by atoms with E-state index in [4.69, 9.17) is 16.6 Å². The Kier molecular flexibility index (Phi) is 13.1. The summed E-state index contributed by atoms with van der Waals surface area (Å²) in [5.41, 5.74) is 12.7. The van der Waals surface area contributed by atoms with Gasteiger partial charge in [-0.3, -0.25) is 0 Å². The summed E-state index contributed by atoms with van der Waals surface area (Å²) in [4.78, 5) is 15.0. The van der Waals surface area contributed by atoms with Crippen molar-refractivity contribution in [1.29, 1.82) is 0 Å². The molecule has 0 aliphatic rings. The van der Waals surface area contributed by atoms with Crippen molar-refractivity contribution in [3.63, 3.8) is 0 Å². The molecule has 168 valence electrons. The van der Waals surface area contributed by atoms with E-state index in [9.17, 15) is 9.90 Å². The Morgan fingerprint density at radius 1 is 1.03 bits per heavy atom. The molecule has 0 saturated carbocycles. The summed E-state index contributed by atoms with van der Waals surface area (Å²) in [6.07, 6.45) is 13.6. The van der Waals surface area contributed by atoms with Crippen LogP contribution in [0.15, 0.2) is 40.9 Å². The molecule has 1 aromatic rings. The van der Waals surface area contributed by atoms with E-state index in [0.717, 1.165) is 31.3 Å². The lowest BCUT2D eigenvalue weighted by Gasteiger charge is -2.17. The molecule has 0 saturated heterocycles. The second-order valence-corrected chi connectivity index (χ2v) is 8.07. The molecule has 6 heteroatoms. The van der Waals surface area contributed by atoms with Gasteiger partial charge < -0.3 is 21.7 Å². The third-order valence-corrected chi connectivity index (χ3v) is 5.33.